The lowest BCUT2D eigenvalue weighted by Gasteiger charge is -2.09. The van der Waals surface area contributed by atoms with Crippen LogP contribution in [0.4, 0.5) is 19.0 Å². The van der Waals surface area contributed by atoms with Crippen molar-refractivity contribution in [1.82, 2.24) is 9.97 Å². The van der Waals surface area contributed by atoms with E-state index in [0.29, 0.717) is 0 Å². The summed E-state index contributed by atoms with van der Waals surface area (Å²) in [5.41, 5.74) is 0. The van der Waals surface area contributed by atoms with Crippen molar-refractivity contribution in [2.75, 3.05) is 4.72 Å². The van der Waals surface area contributed by atoms with Gasteiger partial charge in [-0.1, -0.05) is 11.6 Å². The Morgan fingerprint density at radius 1 is 1.10 bits per heavy atom. The Labute approximate surface area is 116 Å². The third kappa shape index (κ3) is 2.99. The van der Waals surface area contributed by atoms with Crippen molar-refractivity contribution < 1.29 is 21.6 Å². The van der Waals surface area contributed by atoms with Gasteiger partial charge in [-0.25, -0.2) is 26.6 Å². The molecule has 0 saturated heterocycles. The second-order valence-corrected chi connectivity index (χ2v) is 5.54. The molecule has 2 aromatic rings. The first-order valence-electron chi connectivity index (χ1n) is 4.94. The van der Waals surface area contributed by atoms with Crippen molar-refractivity contribution in [2.24, 2.45) is 0 Å². The summed E-state index contributed by atoms with van der Waals surface area (Å²) in [5.74, 6) is -4.70. The number of nitrogens with one attached hydrogen (secondary N) is 1. The van der Waals surface area contributed by atoms with Gasteiger partial charge in [0.25, 0.3) is 10.0 Å². The molecule has 0 radical (unpaired) electrons. The Morgan fingerprint density at radius 2 is 1.70 bits per heavy atom. The fourth-order valence-electron chi connectivity index (χ4n) is 1.37. The van der Waals surface area contributed by atoms with E-state index in [2.05, 4.69) is 9.97 Å². The fraction of sp³-hybridized carbons (Fsp3) is 0. The van der Waals surface area contributed by atoms with Gasteiger partial charge in [0, 0.05) is 12.1 Å². The number of aromatic nitrogens is 2. The third-order valence-corrected chi connectivity index (χ3v) is 3.66. The Kier molecular flexibility index (Phi) is 3.82. The summed E-state index contributed by atoms with van der Waals surface area (Å²) in [5, 5.41) is -0.120. The second-order valence-electron chi connectivity index (χ2n) is 3.53. The normalized spacial score (nSPS) is 11.4. The Hall–Kier alpha value is -1.87. The molecule has 0 fully saturated rings. The lowest BCUT2D eigenvalue weighted by atomic mass is 10.3. The molecule has 5 nitrogen and oxygen atoms in total. The van der Waals surface area contributed by atoms with Crippen LogP contribution in [-0.2, 0) is 10.0 Å². The molecule has 1 aromatic carbocycles. The van der Waals surface area contributed by atoms with Crippen molar-refractivity contribution >= 4 is 27.4 Å². The second kappa shape index (κ2) is 5.25. The smallest absolute Gasteiger partial charge is 0.262 e. The van der Waals surface area contributed by atoms with Gasteiger partial charge in [0.1, 0.15) is 22.6 Å². The lowest BCUT2D eigenvalue weighted by molar-refractivity contribution is 0.498. The maximum absolute atomic E-state index is 13.4. The molecule has 1 aromatic heterocycles. The molecular weight excluding hydrogens is 319 g/mol. The van der Waals surface area contributed by atoms with Crippen LogP contribution in [0, 0.1) is 17.5 Å². The molecular formula is C10H5ClF3N3O2S. The van der Waals surface area contributed by atoms with Gasteiger partial charge in [-0.3, -0.25) is 9.71 Å². The van der Waals surface area contributed by atoms with Gasteiger partial charge in [-0.05, 0) is 0 Å². The van der Waals surface area contributed by atoms with E-state index in [4.69, 9.17) is 11.6 Å². The highest BCUT2D eigenvalue weighted by Crippen LogP contribution is 2.22. The van der Waals surface area contributed by atoms with Gasteiger partial charge in [-0.2, -0.15) is 0 Å². The lowest BCUT2D eigenvalue weighted by Crippen LogP contribution is -2.17. The van der Waals surface area contributed by atoms with Crippen molar-refractivity contribution in [3.63, 3.8) is 0 Å². The van der Waals surface area contributed by atoms with Crippen LogP contribution >= 0.6 is 11.6 Å². The number of rotatable bonds is 3. The number of hydrogen-bond acceptors (Lipinski definition) is 4. The van der Waals surface area contributed by atoms with Crippen LogP contribution in [0.2, 0.25) is 5.15 Å². The molecule has 0 saturated carbocycles. The zero-order chi connectivity index (χ0) is 14.9. The first-order valence-corrected chi connectivity index (χ1v) is 6.80. The quantitative estimate of drug-likeness (QED) is 0.941. The molecule has 106 valence electrons. The van der Waals surface area contributed by atoms with Crippen LogP contribution in [0.15, 0.2) is 29.4 Å². The third-order valence-electron chi connectivity index (χ3n) is 2.08. The number of nitrogens with zero attached hydrogens (tertiary/aromatic N) is 2. The van der Waals surface area contributed by atoms with Gasteiger partial charge in [0.2, 0.25) is 0 Å². The van der Waals surface area contributed by atoms with Gasteiger partial charge in [0.15, 0.2) is 10.7 Å². The fourth-order valence-corrected chi connectivity index (χ4v) is 2.62. The van der Waals surface area contributed by atoms with Gasteiger partial charge >= 0.3 is 0 Å². The molecule has 0 aliphatic rings. The molecule has 1 N–H and O–H groups in total. The number of sulfonamides is 1. The van der Waals surface area contributed by atoms with E-state index in [9.17, 15) is 21.6 Å². The van der Waals surface area contributed by atoms with E-state index >= 15 is 0 Å². The average molecular weight is 324 g/mol. The average Bonchev–Trinajstić information content (AvgIpc) is 2.25. The van der Waals surface area contributed by atoms with E-state index in [1.807, 2.05) is 0 Å². The van der Waals surface area contributed by atoms with Crippen LogP contribution in [0.5, 0.6) is 0 Å². The summed E-state index contributed by atoms with van der Waals surface area (Å²) in [6.07, 6.45) is 2.13. The minimum absolute atomic E-state index is 0.120. The molecule has 0 aliphatic heterocycles. The van der Waals surface area contributed by atoms with Crippen LogP contribution in [0.3, 0.4) is 0 Å². The van der Waals surface area contributed by atoms with Crippen molar-refractivity contribution in [1.29, 1.82) is 0 Å². The Balaban J connectivity index is 2.46. The highest BCUT2D eigenvalue weighted by Gasteiger charge is 2.25. The summed E-state index contributed by atoms with van der Waals surface area (Å²) in [6, 6.07) is 0.503. The topological polar surface area (TPSA) is 72.0 Å². The first kappa shape index (κ1) is 14.5. The molecule has 10 heteroatoms. The zero-order valence-electron chi connectivity index (χ0n) is 9.44. The molecule has 20 heavy (non-hydrogen) atoms. The predicted molar refractivity (Wildman–Crippen MR) is 64.2 cm³/mol. The van der Waals surface area contributed by atoms with Crippen LogP contribution < -0.4 is 4.72 Å². The van der Waals surface area contributed by atoms with E-state index in [-0.39, 0.29) is 23.1 Å². The molecule has 0 bridgehead atoms. The summed E-state index contributed by atoms with van der Waals surface area (Å²) in [7, 11) is -4.64. The number of anilines is 1. The first-order chi connectivity index (χ1) is 9.29. The van der Waals surface area contributed by atoms with Crippen molar-refractivity contribution in [2.45, 2.75) is 4.90 Å². The maximum atomic E-state index is 13.4. The predicted octanol–water partition coefficient (Wildman–Crippen LogP) is 2.35. The number of benzene rings is 1. The van der Waals surface area contributed by atoms with E-state index in [0.717, 1.165) is 12.4 Å². The van der Waals surface area contributed by atoms with Crippen LogP contribution in [0.1, 0.15) is 0 Å². The highest BCUT2D eigenvalue weighted by atomic mass is 35.5. The van der Waals surface area contributed by atoms with Crippen molar-refractivity contribution in [3.05, 3.63) is 47.1 Å². The summed E-state index contributed by atoms with van der Waals surface area (Å²) in [4.78, 5) is 5.79. The summed E-state index contributed by atoms with van der Waals surface area (Å²) >= 11 is 5.50. The number of halogens is 4. The van der Waals surface area contributed by atoms with Crippen molar-refractivity contribution in [3.8, 4) is 0 Å². The highest BCUT2D eigenvalue weighted by molar-refractivity contribution is 7.92. The van der Waals surface area contributed by atoms with E-state index in [1.54, 1.807) is 4.72 Å². The molecule has 0 atom stereocenters. The SMILES string of the molecule is O=S(=O)(Nc1cncc(Cl)n1)c1c(F)cc(F)cc1F. The minimum Gasteiger partial charge on any atom is -0.262 e. The molecule has 1 heterocycles. The Morgan fingerprint density at radius 3 is 2.25 bits per heavy atom. The van der Waals surface area contributed by atoms with Gasteiger partial charge < -0.3 is 0 Å². The zero-order valence-corrected chi connectivity index (χ0v) is 11.0. The van der Waals surface area contributed by atoms with Gasteiger partial charge in [-0.15, -0.1) is 0 Å². The molecule has 2 rings (SSSR count). The maximum Gasteiger partial charge on any atom is 0.268 e. The number of hydrogen-bond donors (Lipinski definition) is 1. The minimum atomic E-state index is -4.64. The molecule has 0 amide bonds. The molecule has 0 unspecified atom stereocenters. The monoisotopic (exact) mass is 323 g/mol. The van der Waals surface area contributed by atoms with E-state index in [1.165, 1.54) is 0 Å². The summed E-state index contributed by atoms with van der Waals surface area (Å²) < 4.78 is 65.1. The van der Waals surface area contributed by atoms with E-state index < -0.39 is 32.4 Å². The molecule has 0 spiro atoms. The van der Waals surface area contributed by atoms with Crippen LogP contribution in [-0.4, -0.2) is 18.4 Å². The Bertz CT molecular complexity index is 747. The largest absolute Gasteiger partial charge is 0.268 e. The van der Waals surface area contributed by atoms with Crippen LogP contribution in [0.25, 0.3) is 0 Å². The van der Waals surface area contributed by atoms with Gasteiger partial charge in [0.05, 0.1) is 12.4 Å². The summed E-state index contributed by atoms with van der Waals surface area (Å²) in [6.45, 7) is 0. The standard InChI is InChI=1S/C10H5ClF3N3O2S/c11-8-3-15-4-9(16-8)17-20(18,19)10-6(13)1-5(12)2-7(10)14/h1-4H,(H,16,17). The molecule has 0 aliphatic carbocycles.